The first kappa shape index (κ1) is 23.4. The number of amidine groups is 1. The summed E-state index contributed by atoms with van der Waals surface area (Å²) in [5.74, 6) is -0.378. The maximum atomic E-state index is 14.9. The summed E-state index contributed by atoms with van der Waals surface area (Å²) in [4.78, 5) is 16.8. The van der Waals surface area contributed by atoms with E-state index in [0.717, 1.165) is 6.08 Å². The number of alkyl halides is 4. The maximum absolute atomic E-state index is 14.9. The first-order valence-electron chi connectivity index (χ1n) is 9.26. The van der Waals surface area contributed by atoms with Crippen LogP contribution in [0.3, 0.4) is 0 Å². The number of carbonyl (C=O) groups excluding carboxylic acids is 1. The predicted molar refractivity (Wildman–Crippen MR) is 112 cm³/mol. The van der Waals surface area contributed by atoms with Crippen LogP contribution in [0, 0.1) is 6.92 Å². The number of hydrogen-bond acceptors (Lipinski definition) is 2. The summed E-state index contributed by atoms with van der Waals surface area (Å²) >= 11 is 0. The lowest BCUT2D eigenvalue weighted by Gasteiger charge is -2.34. The predicted octanol–water partition coefficient (Wildman–Crippen LogP) is 6.00. The monoisotopic (exact) mass is 423 g/mol. The fourth-order valence-electron chi connectivity index (χ4n) is 3.06. The van der Waals surface area contributed by atoms with Crippen molar-refractivity contribution in [2.45, 2.75) is 52.9 Å². The molecule has 0 aliphatic carbocycles. The summed E-state index contributed by atoms with van der Waals surface area (Å²) in [6, 6.07) is 3.27. The number of nitrogens with one attached hydrogen (secondary N) is 1. The van der Waals surface area contributed by atoms with Gasteiger partial charge < -0.3 is 5.32 Å². The Hall–Kier alpha value is -2.90. The molecular formula is C22H25F4N3O. The van der Waals surface area contributed by atoms with Crippen LogP contribution in [0.2, 0.25) is 0 Å². The Bertz CT molecular complexity index is 966. The number of anilines is 2. The standard InChI is InChI=1S/C22H25F4N3O/c1-8-17(22(24,25)26)27-20(12(2)3)29(14(5)21(6,7)23)16-9-13(4)19-15(10-16)11-18(30)28-19/h8-10H,2,5,11H2,1,3-4,6-7H3,(H,28,30)/b17-8-,27-20?. The van der Waals surface area contributed by atoms with E-state index < -0.39 is 17.5 Å². The van der Waals surface area contributed by atoms with Gasteiger partial charge in [-0.3, -0.25) is 9.69 Å². The zero-order valence-corrected chi connectivity index (χ0v) is 17.7. The fourth-order valence-corrected chi connectivity index (χ4v) is 3.06. The zero-order valence-electron chi connectivity index (χ0n) is 17.7. The van der Waals surface area contributed by atoms with Gasteiger partial charge in [0.05, 0.1) is 12.1 Å². The number of aliphatic imine (C=N–C) groups is 1. The Balaban J connectivity index is 2.77. The second kappa shape index (κ2) is 8.08. The summed E-state index contributed by atoms with van der Waals surface area (Å²) in [6.45, 7) is 14.5. The molecule has 0 unspecified atom stereocenters. The Morgan fingerprint density at radius 1 is 1.23 bits per heavy atom. The average molecular weight is 423 g/mol. The number of carbonyl (C=O) groups is 1. The van der Waals surface area contributed by atoms with Crippen LogP contribution in [0.4, 0.5) is 28.9 Å². The van der Waals surface area contributed by atoms with Gasteiger partial charge in [0, 0.05) is 11.4 Å². The molecule has 1 aliphatic rings. The SMILES string of the molecule is C=C(C)C(=N/C(=C\C)C(F)(F)F)N(C(=C)C(C)(C)F)c1cc(C)c2c(c1)CC(=O)N2. The third kappa shape index (κ3) is 4.80. The van der Waals surface area contributed by atoms with Crippen molar-refractivity contribution >= 4 is 23.1 Å². The van der Waals surface area contributed by atoms with Crippen molar-refractivity contribution in [2.24, 2.45) is 4.99 Å². The molecule has 2 rings (SSSR count). The molecular weight excluding hydrogens is 398 g/mol. The van der Waals surface area contributed by atoms with Crippen molar-refractivity contribution in [3.63, 3.8) is 0 Å². The molecule has 0 radical (unpaired) electrons. The Labute approximate surface area is 173 Å². The molecule has 1 heterocycles. The number of fused-ring (bicyclic) bond motifs is 1. The van der Waals surface area contributed by atoms with Crippen molar-refractivity contribution in [2.75, 3.05) is 10.2 Å². The second-order valence-corrected chi connectivity index (χ2v) is 7.66. The van der Waals surface area contributed by atoms with Crippen LogP contribution in [0.1, 0.15) is 38.8 Å². The molecule has 30 heavy (non-hydrogen) atoms. The molecule has 1 aliphatic heterocycles. The van der Waals surface area contributed by atoms with E-state index >= 15 is 0 Å². The number of amides is 1. The van der Waals surface area contributed by atoms with Gasteiger partial charge in [0.2, 0.25) is 5.91 Å². The minimum atomic E-state index is -4.70. The van der Waals surface area contributed by atoms with Gasteiger partial charge in [-0.05, 0) is 63.5 Å². The van der Waals surface area contributed by atoms with Crippen molar-refractivity contribution in [1.82, 2.24) is 0 Å². The lowest BCUT2D eigenvalue weighted by Crippen LogP contribution is -2.38. The molecule has 4 nitrogen and oxygen atoms in total. The average Bonchev–Trinajstić information content (AvgIpc) is 2.96. The quantitative estimate of drug-likeness (QED) is 0.359. The smallest absolute Gasteiger partial charge is 0.325 e. The van der Waals surface area contributed by atoms with E-state index in [4.69, 9.17) is 0 Å². The number of hydrogen-bond donors (Lipinski definition) is 1. The second-order valence-electron chi connectivity index (χ2n) is 7.66. The summed E-state index contributed by atoms with van der Waals surface area (Å²) in [5.41, 5.74) is -0.686. The lowest BCUT2D eigenvalue weighted by molar-refractivity contribution is -0.115. The highest BCUT2D eigenvalue weighted by Crippen LogP contribution is 2.37. The van der Waals surface area contributed by atoms with E-state index in [1.165, 1.54) is 32.6 Å². The number of allylic oxidation sites excluding steroid dienone is 3. The van der Waals surface area contributed by atoms with Crippen molar-refractivity contribution < 1.29 is 22.4 Å². The molecule has 0 bridgehead atoms. The lowest BCUT2D eigenvalue weighted by atomic mass is 10.0. The van der Waals surface area contributed by atoms with E-state index in [1.807, 2.05) is 0 Å². The van der Waals surface area contributed by atoms with E-state index in [-0.39, 0.29) is 29.4 Å². The van der Waals surface area contributed by atoms with Crippen LogP contribution in [-0.4, -0.2) is 23.6 Å². The first-order valence-corrected chi connectivity index (χ1v) is 9.26. The Morgan fingerprint density at radius 2 is 1.83 bits per heavy atom. The number of nitrogens with zero attached hydrogens (tertiary/aromatic N) is 2. The van der Waals surface area contributed by atoms with Gasteiger partial charge in [0.25, 0.3) is 0 Å². The largest absolute Gasteiger partial charge is 0.433 e. The first-order chi connectivity index (χ1) is 13.7. The third-order valence-corrected chi connectivity index (χ3v) is 4.62. The van der Waals surface area contributed by atoms with Gasteiger partial charge >= 0.3 is 6.18 Å². The van der Waals surface area contributed by atoms with Gasteiger partial charge in [-0.25, -0.2) is 9.38 Å². The van der Waals surface area contributed by atoms with Crippen molar-refractivity contribution in [3.8, 4) is 0 Å². The van der Waals surface area contributed by atoms with Crippen LogP contribution in [0.5, 0.6) is 0 Å². The Kier molecular flexibility index (Phi) is 6.30. The summed E-state index contributed by atoms with van der Waals surface area (Å²) in [5, 5.41) is 2.74. The summed E-state index contributed by atoms with van der Waals surface area (Å²) < 4.78 is 55.0. The molecule has 1 amide bonds. The molecule has 162 valence electrons. The van der Waals surface area contributed by atoms with E-state index in [9.17, 15) is 22.4 Å². The number of aryl methyl sites for hydroxylation is 1. The summed E-state index contributed by atoms with van der Waals surface area (Å²) in [6.07, 6.45) is -3.75. The van der Waals surface area contributed by atoms with Gasteiger partial charge in [-0.1, -0.05) is 19.2 Å². The van der Waals surface area contributed by atoms with Gasteiger partial charge in [-0.15, -0.1) is 0 Å². The van der Waals surface area contributed by atoms with Crippen molar-refractivity contribution in [1.29, 1.82) is 0 Å². The van der Waals surface area contributed by atoms with Gasteiger partial charge in [0.15, 0.2) is 0 Å². The maximum Gasteiger partial charge on any atom is 0.433 e. The highest BCUT2D eigenvalue weighted by molar-refractivity contribution is 6.12. The number of rotatable bonds is 5. The molecule has 0 spiro atoms. The highest BCUT2D eigenvalue weighted by Gasteiger charge is 2.36. The molecule has 1 aromatic rings. The molecule has 1 aromatic carbocycles. The molecule has 1 N–H and O–H groups in total. The third-order valence-electron chi connectivity index (χ3n) is 4.62. The molecule has 0 fully saturated rings. The van der Waals surface area contributed by atoms with Gasteiger partial charge in [0.1, 0.15) is 17.2 Å². The minimum Gasteiger partial charge on any atom is -0.325 e. The topological polar surface area (TPSA) is 44.7 Å². The van der Waals surface area contributed by atoms with E-state index in [1.54, 1.807) is 19.1 Å². The fraction of sp³-hybridized carbons (Fsp3) is 0.364. The van der Waals surface area contributed by atoms with Crippen LogP contribution in [0.15, 0.2) is 53.3 Å². The van der Waals surface area contributed by atoms with Crippen LogP contribution < -0.4 is 10.2 Å². The molecule has 0 aromatic heterocycles. The molecule has 8 heteroatoms. The van der Waals surface area contributed by atoms with E-state index in [0.29, 0.717) is 22.5 Å². The zero-order chi connectivity index (χ0) is 23.0. The minimum absolute atomic E-state index is 0.112. The summed E-state index contributed by atoms with van der Waals surface area (Å²) in [7, 11) is 0. The normalized spacial score (nSPS) is 15.0. The van der Waals surface area contributed by atoms with E-state index in [2.05, 4.69) is 23.5 Å². The molecule has 0 atom stereocenters. The van der Waals surface area contributed by atoms with Crippen LogP contribution in [0.25, 0.3) is 0 Å². The van der Waals surface area contributed by atoms with Crippen LogP contribution >= 0.6 is 0 Å². The number of halogens is 4. The number of benzene rings is 1. The molecule has 0 saturated carbocycles. The molecule has 0 saturated heterocycles. The van der Waals surface area contributed by atoms with Crippen LogP contribution in [-0.2, 0) is 11.2 Å². The Morgan fingerprint density at radius 3 is 2.30 bits per heavy atom. The highest BCUT2D eigenvalue weighted by atomic mass is 19.4. The van der Waals surface area contributed by atoms with Gasteiger partial charge in [-0.2, -0.15) is 13.2 Å². The van der Waals surface area contributed by atoms with Crippen molar-refractivity contribution in [3.05, 3.63) is 59.5 Å².